The molecule has 0 N–H and O–H groups in total. The molecule has 1 atom stereocenters. The van der Waals surface area contributed by atoms with Crippen LogP contribution in [0.5, 0.6) is 0 Å². The second-order valence-electron chi connectivity index (χ2n) is 4.48. The molecule has 4 nitrogen and oxygen atoms in total. The Balaban J connectivity index is 1.95. The number of nitrogens with zero attached hydrogens (tertiary/aromatic N) is 3. The first kappa shape index (κ1) is 12.3. The zero-order valence-electron chi connectivity index (χ0n) is 9.90. The molecule has 0 saturated carbocycles. The van der Waals surface area contributed by atoms with E-state index in [-0.39, 0.29) is 5.91 Å². The molecule has 1 amide bonds. The molecule has 0 radical (unpaired) electrons. The van der Waals surface area contributed by atoms with Gasteiger partial charge in [0.2, 0.25) is 5.91 Å². The number of hydrogen-bond acceptors (Lipinski definition) is 3. The summed E-state index contributed by atoms with van der Waals surface area (Å²) in [7, 11) is 0. The van der Waals surface area contributed by atoms with Gasteiger partial charge in [-0.1, -0.05) is 24.9 Å². The largest absolute Gasteiger partial charge is 0.336 e. The van der Waals surface area contributed by atoms with Gasteiger partial charge < -0.3 is 4.90 Å². The average molecular weight is 254 g/mol. The second-order valence-corrected chi connectivity index (χ2v) is 4.87. The van der Waals surface area contributed by atoms with E-state index in [0.717, 1.165) is 25.1 Å². The summed E-state index contributed by atoms with van der Waals surface area (Å²) in [5.41, 5.74) is 0.792. The maximum absolute atomic E-state index is 11.8. The molecule has 2 heterocycles. The maximum Gasteiger partial charge on any atom is 0.223 e. The molecule has 0 bridgehead atoms. The Hall–Kier alpha value is -1.16. The van der Waals surface area contributed by atoms with Crippen molar-refractivity contribution < 1.29 is 4.79 Å². The standard InChI is InChI=1S/C12H16ClN3O/c1-2-3-9-6-12(17)16(7-9)8-10-4-5-11(13)15-14-10/h4-5,9H,2-3,6-8H2,1H3. The highest BCUT2D eigenvalue weighted by molar-refractivity contribution is 6.29. The summed E-state index contributed by atoms with van der Waals surface area (Å²) >= 11 is 5.67. The van der Waals surface area contributed by atoms with Gasteiger partial charge in [-0.25, -0.2) is 0 Å². The van der Waals surface area contributed by atoms with Crippen molar-refractivity contribution in [1.82, 2.24) is 15.1 Å². The summed E-state index contributed by atoms with van der Waals surface area (Å²) in [6.07, 6.45) is 2.93. The number of amides is 1. The molecule has 1 aromatic rings. The van der Waals surface area contributed by atoms with Crippen LogP contribution in [0, 0.1) is 5.92 Å². The van der Waals surface area contributed by atoms with Gasteiger partial charge in [0.25, 0.3) is 0 Å². The van der Waals surface area contributed by atoms with E-state index in [1.807, 2.05) is 11.0 Å². The minimum absolute atomic E-state index is 0.222. The predicted octanol–water partition coefficient (Wildman–Crippen LogP) is 2.28. The first-order chi connectivity index (χ1) is 8.19. The van der Waals surface area contributed by atoms with Crippen molar-refractivity contribution in [2.75, 3.05) is 6.54 Å². The van der Waals surface area contributed by atoms with Crippen LogP contribution < -0.4 is 0 Å². The summed E-state index contributed by atoms with van der Waals surface area (Å²) < 4.78 is 0. The van der Waals surface area contributed by atoms with Crippen molar-refractivity contribution in [2.45, 2.75) is 32.7 Å². The molecule has 1 aliphatic heterocycles. The molecule has 92 valence electrons. The van der Waals surface area contributed by atoms with Crippen LogP contribution in [0.15, 0.2) is 12.1 Å². The normalized spacial score (nSPS) is 20.0. The van der Waals surface area contributed by atoms with E-state index in [1.54, 1.807) is 6.07 Å². The number of halogens is 1. The number of carbonyl (C=O) groups excluding carboxylic acids is 1. The second kappa shape index (κ2) is 5.45. The fourth-order valence-corrected chi connectivity index (χ4v) is 2.33. The predicted molar refractivity (Wildman–Crippen MR) is 65.5 cm³/mol. The Bertz CT molecular complexity index is 393. The number of carbonyl (C=O) groups is 1. The highest BCUT2D eigenvalue weighted by Gasteiger charge is 2.28. The maximum atomic E-state index is 11.8. The summed E-state index contributed by atoms with van der Waals surface area (Å²) in [5, 5.41) is 8.13. The SMILES string of the molecule is CCCC1CC(=O)N(Cc2ccc(Cl)nn2)C1. The van der Waals surface area contributed by atoms with Crippen LogP contribution in [0.3, 0.4) is 0 Å². The molecule has 0 aromatic carbocycles. The van der Waals surface area contributed by atoms with Crippen LogP contribution in [-0.4, -0.2) is 27.5 Å². The van der Waals surface area contributed by atoms with Crippen molar-refractivity contribution in [2.24, 2.45) is 5.92 Å². The summed E-state index contributed by atoms with van der Waals surface area (Å²) in [5.74, 6) is 0.730. The number of aromatic nitrogens is 2. The van der Waals surface area contributed by atoms with Crippen LogP contribution in [0.2, 0.25) is 5.15 Å². The van der Waals surface area contributed by atoms with Crippen LogP contribution >= 0.6 is 11.6 Å². The average Bonchev–Trinajstić information content (AvgIpc) is 2.63. The van der Waals surface area contributed by atoms with Gasteiger partial charge in [0.1, 0.15) is 0 Å². The van der Waals surface area contributed by atoms with E-state index < -0.39 is 0 Å². The van der Waals surface area contributed by atoms with Crippen molar-refractivity contribution in [1.29, 1.82) is 0 Å². The van der Waals surface area contributed by atoms with Gasteiger partial charge >= 0.3 is 0 Å². The molecule has 17 heavy (non-hydrogen) atoms. The Morgan fingerprint density at radius 3 is 2.94 bits per heavy atom. The van der Waals surface area contributed by atoms with E-state index in [4.69, 9.17) is 11.6 Å². The third kappa shape index (κ3) is 3.16. The lowest BCUT2D eigenvalue weighted by molar-refractivity contribution is -0.128. The third-order valence-corrected chi connectivity index (χ3v) is 3.23. The molecule has 0 spiro atoms. The fraction of sp³-hybridized carbons (Fsp3) is 0.583. The molecule has 2 rings (SSSR count). The molecule has 0 aliphatic carbocycles. The summed E-state index contributed by atoms with van der Waals surface area (Å²) in [6, 6.07) is 3.52. The zero-order valence-corrected chi connectivity index (χ0v) is 10.7. The van der Waals surface area contributed by atoms with Crippen molar-refractivity contribution >= 4 is 17.5 Å². The lowest BCUT2D eigenvalue weighted by Gasteiger charge is -2.15. The van der Waals surface area contributed by atoms with Crippen LogP contribution in [0.25, 0.3) is 0 Å². The first-order valence-corrected chi connectivity index (χ1v) is 6.32. The summed E-state index contributed by atoms with van der Waals surface area (Å²) in [6.45, 7) is 3.54. The highest BCUT2D eigenvalue weighted by atomic mass is 35.5. The zero-order chi connectivity index (χ0) is 12.3. The smallest absolute Gasteiger partial charge is 0.223 e. The van der Waals surface area contributed by atoms with Gasteiger partial charge in [0.15, 0.2) is 5.15 Å². The van der Waals surface area contributed by atoms with Crippen LogP contribution in [0.4, 0.5) is 0 Å². The molecule has 1 aliphatic rings. The lowest BCUT2D eigenvalue weighted by Crippen LogP contribution is -2.25. The summed E-state index contributed by atoms with van der Waals surface area (Å²) in [4.78, 5) is 13.6. The first-order valence-electron chi connectivity index (χ1n) is 5.95. The van der Waals surface area contributed by atoms with Crippen LogP contribution in [-0.2, 0) is 11.3 Å². The Labute approximate surface area is 106 Å². The molecule has 1 aromatic heterocycles. The van der Waals surface area contributed by atoms with Crippen molar-refractivity contribution in [3.8, 4) is 0 Å². The quantitative estimate of drug-likeness (QED) is 0.827. The Morgan fingerprint density at radius 1 is 1.47 bits per heavy atom. The van der Waals surface area contributed by atoms with Crippen LogP contribution in [0.1, 0.15) is 31.9 Å². The number of rotatable bonds is 4. The van der Waals surface area contributed by atoms with Gasteiger partial charge in [-0.15, -0.1) is 5.10 Å². The molecular weight excluding hydrogens is 238 g/mol. The molecule has 5 heteroatoms. The highest BCUT2D eigenvalue weighted by Crippen LogP contribution is 2.23. The van der Waals surface area contributed by atoms with Crippen molar-refractivity contribution in [3.05, 3.63) is 23.0 Å². The van der Waals surface area contributed by atoms with E-state index in [2.05, 4.69) is 17.1 Å². The van der Waals surface area contributed by atoms with Gasteiger partial charge in [-0.05, 0) is 24.5 Å². The lowest BCUT2D eigenvalue weighted by atomic mass is 10.0. The minimum atomic E-state index is 0.222. The number of hydrogen-bond donors (Lipinski definition) is 0. The van der Waals surface area contributed by atoms with Gasteiger partial charge in [-0.2, -0.15) is 5.10 Å². The molecule has 1 unspecified atom stereocenters. The molecular formula is C12H16ClN3O. The topological polar surface area (TPSA) is 46.1 Å². The Kier molecular flexibility index (Phi) is 3.94. The van der Waals surface area contributed by atoms with Crippen molar-refractivity contribution in [3.63, 3.8) is 0 Å². The van der Waals surface area contributed by atoms with E-state index in [1.165, 1.54) is 0 Å². The molecule has 1 fully saturated rings. The minimum Gasteiger partial charge on any atom is -0.336 e. The number of likely N-dealkylation sites (tertiary alicyclic amines) is 1. The van der Waals surface area contributed by atoms with Gasteiger partial charge in [-0.3, -0.25) is 4.79 Å². The fourth-order valence-electron chi connectivity index (χ4n) is 2.23. The molecule has 1 saturated heterocycles. The van der Waals surface area contributed by atoms with E-state index >= 15 is 0 Å². The van der Waals surface area contributed by atoms with Gasteiger partial charge in [0, 0.05) is 13.0 Å². The monoisotopic (exact) mass is 253 g/mol. The van der Waals surface area contributed by atoms with E-state index in [0.29, 0.717) is 24.0 Å². The van der Waals surface area contributed by atoms with Gasteiger partial charge in [0.05, 0.1) is 12.2 Å². The third-order valence-electron chi connectivity index (χ3n) is 3.03. The van der Waals surface area contributed by atoms with E-state index in [9.17, 15) is 4.79 Å². The Morgan fingerprint density at radius 2 is 2.29 bits per heavy atom.